The summed E-state index contributed by atoms with van der Waals surface area (Å²) >= 11 is 0. The van der Waals surface area contributed by atoms with Gasteiger partial charge in [-0.2, -0.15) is 13.2 Å². The normalized spacial score (nSPS) is 16.0. The van der Waals surface area contributed by atoms with Gasteiger partial charge in [0, 0.05) is 31.7 Å². The van der Waals surface area contributed by atoms with Gasteiger partial charge in [-0.05, 0) is 36.8 Å². The maximum atomic E-state index is 12.8. The van der Waals surface area contributed by atoms with E-state index >= 15 is 0 Å². The Hall–Kier alpha value is -2.61. The average molecular weight is 558 g/mol. The Balaban J connectivity index is 0.00000363. The number of benzene rings is 2. The molecular weight excluding hydrogens is 532 g/mol. The van der Waals surface area contributed by atoms with Crippen molar-refractivity contribution in [3.63, 3.8) is 0 Å². The molecule has 0 aliphatic carbocycles. The number of halogens is 4. The number of methoxy groups -OCH3 is 1. The average Bonchev–Trinajstić information content (AvgIpc) is 3.23. The molecule has 1 saturated heterocycles. The highest BCUT2D eigenvalue weighted by atomic mass is 127. The smallest absolute Gasteiger partial charge is 0.416 e. The summed E-state index contributed by atoms with van der Waals surface area (Å²) in [5.41, 5.74) is 0.678. The second kappa shape index (κ2) is 11.9. The zero-order chi connectivity index (χ0) is 22.3. The Bertz CT molecular complexity index is 985. The van der Waals surface area contributed by atoms with Crippen LogP contribution in [0, 0.1) is 11.8 Å². The number of nitrogens with one attached hydrogen (secondary N) is 2. The number of nitrogens with zero attached hydrogens (tertiary/aromatic N) is 2. The number of aliphatic imine (C=N–C) groups is 1. The van der Waals surface area contributed by atoms with Gasteiger partial charge in [-0.3, -0.25) is 4.99 Å². The first-order valence-electron chi connectivity index (χ1n) is 9.92. The minimum absolute atomic E-state index is 0. The molecule has 0 spiro atoms. The number of ether oxygens (including phenoxy) is 1. The van der Waals surface area contributed by atoms with Gasteiger partial charge in [0.25, 0.3) is 0 Å². The summed E-state index contributed by atoms with van der Waals surface area (Å²) in [5.74, 6) is 7.04. The molecule has 0 bridgehead atoms. The molecule has 1 heterocycles. The largest absolute Gasteiger partial charge is 0.495 e. The van der Waals surface area contributed by atoms with Crippen LogP contribution in [0.25, 0.3) is 0 Å². The Morgan fingerprint density at radius 3 is 2.72 bits per heavy atom. The first-order chi connectivity index (χ1) is 14.9. The van der Waals surface area contributed by atoms with E-state index in [-0.39, 0.29) is 36.6 Å². The first kappa shape index (κ1) is 25.6. The van der Waals surface area contributed by atoms with Gasteiger partial charge in [0.05, 0.1) is 24.9 Å². The van der Waals surface area contributed by atoms with E-state index < -0.39 is 11.7 Å². The topological polar surface area (TPSA) is 48.9 Å². The molecule has 2 aromatic carbocycles. The van der Waals surface area contributed by atoms with Gasteiger partial charge in [-0.15, -0.1) is 24.0 Å². The molecule has 172 valence electrons. The van der Waals surface area contributed by atoms with Crippen LogP contribution < -0.4 is 20.3 Å². The molecule has 32 heavy (non-hydrogen) atoms. The number of para-hydroxylation sites is 2. The van der Waals surface area contributed by atoms with Gasteiger partial charge in [0.15, 0.2) is 5.96 Å². The monoisotopic (exact) mass is 558 g/mol. The van der Waals surface area contributed by atoms with Gasteiger partial charge < -0.3 is 20.3 Å². The van der Waals surface area contributed by atoms with Crippen molar-refractivity contribution in [2.45, 2.75) is 18.6 Å². The first-order valence-corrected chi connectivity index (χ1v) is 9.92. The fourth-order valence-corrected chi connectivity index (χ4v) is 3.42. The van der Waals surface area contributed by atoms with Crippen LogP contribution in [0.15, 0.2) is 53.5 Å². The van der Waals surface area contributed by atoms with Crippen molar-refractivity contribution in [3.05, 3.63) is 59.7 Å². The van der Waals surface area contributed by atoms with Crippen LogP contribution >= 0.6 is 24.0 Å². The molecule has 0 aromatic heterocycles. The summed E-state index contributed by atoms with van der Waals surface area (Å²) in [4.78, 5) is 6.47. The number of alkyl halides is 3. The van der Waals surface area contributed by atoms with Crippen molar-refractivity contribution in [3.8, 4) is 17.6 Å². The van der Waals surface area contributed by atoms with E-state index in [9.17, 15) is 13.2 Å². The van der Waals surface area contributed by atoms with Crippen molar-refractivity contribution in [2.24, 2.45) is 4.99 Å². The number of hydrogen-bond acceptors (Lipinski definition) is 3. The molecule has 1 unspecified atom stereocenters. The summed E-state index contributed by atoms with van der Waals surface area (Å²) < 4.78 is 43.8. The summed E-state index contributed by atoms with van der Waals surface area (Å²) in [6.07, 6.45) is -3.44. The van der Waals surface area contributed by atoms with E-state index in [4.69, 9.17) is 4.74 Å². The third-order valence-electron chi connectivity index (χ3n) is 4.95. The van der Waals surface area contributed by atoms with Gasteiger partial charge in [0.1, 0.15) is 5.75 Å². The van der Waals surface area contributed by atoms with Crippen LogP contribution in [0.4, 0.5) is 18.9 Å². The van der Waals surface area contributed by atoms with Gasteiger partial charge in [-0.1, -0.05) is 30.0 Å². The van der Waals surface area contributed by atoms with Crippen LogP contribution in [0.2, 0.25) is 0 Å². The highest BCUT2D eigenvalue weighted by molar-refractivity contribution is 14.0. The lowest BCUT2D eigenvalue weighted by Gasteiger charge is -2.22. The Morgan fingerprint density at radius 2 is 2.00 bits per heavy atom. The van der Waals surface area contributed by atoms with Gasteiger partial charge >= 0.3 is 6.18 Å². The lowest BCUT2D eigenvalue weighted by atomic mass is 10.1. The molecule has 2 N–H and O–H groups in total. The minimum Gasteiger partial charge on any atom is -0.495 e. The quantitative estimate of drug-likeness (QED) is 0.257. The SMILES string of the molecule is CN=C(NCC#Cc1cccc(C(F)(F)F)c1)NC1CCN(c2ccccc2OC)C1.I. The third kappa shape index (κ3) is 6.95. The Morgan fingerprint density at radius 1 is 1.22 bits per heavy atom. The van der Waals surface area contributed by atoms with Crippen molar-refractivity contribution in [1.29, 1.82) is 0 Å². The summed E-state index contributed by atoms with van der Waals surface area (Å²) in [5, 5.41) is 6.46. The highest BCUT2D eigenvalue weighted by Gasteiger charge is 2.30. The van der Waals surface area contributed by atoms with E-state index in [0.717, 1.165) is 43.1 Å². The summed E-state index contributed by atoms with van der Waals surface area (Å²) in [6, 6.07) is 13.1. The van der Waals surface area contributed by atoms with Gasteiger partial charge in [-0.25, -0.2) is 0 Å². The van der Waals surface area contributed by atoms with Crippen molar-refractivity contribution in [2.75, 3.05) is 38.7 Å². The molecule has 2 aromatic rings. The zero-order valence-corrected chi connectivity index (χ0v) is 20.2. The predicted octanol–water partition coefficient (Wildman–Crippen LogP) is 4.13. The van der Waals surface area contributed by atoms with Crippen LogP contribution in [-0.2, 0) is 6.18 Å². The van der Waals surface area contributed by atoms with Crippen LogP contribution in [0.3, 0.4) is 0 Å². The Labute approximate surface area is 203 Å². The van der Waals surface area contributed by atoms with E-state index in [1.54, 1.807) is 20.2 Å². The standard InChI is InChI=1S/C23H25F3N4O.HI/c1-27-22(28-13-6-8-17-7-5-9-18(15-17)23(24,25)26)29-19-12-14-30(16-19)20-10-3-4-11-21(20)31-2;/h3-5,7,9-11,15,19H,12-14,16H2,1-2H3,(H2,27,28,29);1H. The summed E-state index contributed by atoms with van der Waals surface area (Å²) in [7, 11) is 3.33. The van der Waals surface area contributed by atoms with E-state index in [2.05, 4.69) is 32.4 Å². The lowest BCUT2D eigenvalue weighted by Crippen LogP contribution is -2.44. The van der Waals surface area contributed by atoms with Crippen LogP contribution in [0.1, 0.15) is 17.5 Å². The second-order valence-electron chi connectivity index (χ2n) is 7.05. The predicted molar refractivity (Wildman–Crippen MR) is 132 cm³/mol. The molecule has 0 saturated carbocycles. The van der Waals surface area contributed by atoms with Crippen molar-refractivity contribution < 1.29 is 17.9 Å². The number of hydrogen-bond donors (Lipinski definition) is 2. The fourth-order valence-electron chi connectivity index (χ4n) is 3.42. The maximum Gasteiger partial charge on any atom is 0.416 e. The fraction of sp³-hybridized carbons (Fsp3) is 0.348. The van der Waals surface area contributed by atoms with Gasteiger partial charge in [0.2, 0.25) is 0 Å². The second-order valence-corrected chi connectivity index (χ2v) is 7.05. The molecule has 1 aliphatic rings. The Kier molecular flexibility index (Phi) is 9.50. The molecule has 1 fully saturated rings. The van der Waals surface area contributed by atoms with E-state index in [1.165, 1.54) is 6.07 Å². The lowest BCUT2D eigenvalue weighted by molar-refractivity contribution is -0.137. The third-order valence-corrected chi connectivity index (χ3v) is 4.95. The molecule has 1 aliphatic heterocycles. The molecule has 5 nitrogen and oxygen atoms in total. The number of anilines is 1. The zero-order valence-electron chi connectivity index (χ0n) is 17.9. The van der Waals surface area contributed by atoms with Crippen molar-refractivity contribution in [1.82, 2.24) is 10.6 Å². The van der Waals surface area contributed by atoms with Crippen LogP contribution in [-0.4, -0.2) is 45.8 Å². The maximum absolute atomic E-state index is 12.8. The summed E-state index contributed by atoms with van der Waals surface area (Å²) in [6.45, 7) is 1.96. The molecule has 0 radical (unpaired) electrons. The van der Waals surface area contributed by atoms with E-state index in [1.807, 2.05) is 24.3 Å². The molecular formula is C23H26F3IN4O. The van der Waals surface area contributed by atoms with Crippen LogP contribution in [0.5, 0.6) is 5.75 Å². The minimum atomic E-state index is -4.37. The molecule has 9 heteroatoms. The number of guanidine groups is 1. The molecule has 1 atom stereocenters. The van der Waals surface area contributed by atoms with E-state index in [0.29, 0.717) is 11.5 Å². The molecule has 0 amide bonds. The van der Waals surface area contributed by atoms with Crippen molar-refractivity contribution >= 4 is 35.6 Å². The number of rotatable bonds is 4. The molecule has 3 rings (SSSR count). The highest BCUT2D eigenvalue weighted by Crippen LogP contribution is 2.30.